The molecule has 3 aromatic carbocycles. The number of anilines is 1. The number of methoxy groups -OCH3 is 2. The molecular formula is C26H28N4O3. The molecule has 0 fully saturated rings. The van der Waals surface area contributed by atoms with Gasteiger partial charge in [0.05, 0.1) is 19.9 Å². The molecule has 0 radical (unpaired) electrons. The molecule has 0 bridgehead atoms. The number of fused-ring (bicyclic) bond motifs is 1. The minimum Gasteiger partial charge on any atom is -0.496 e. The molecule has 1 heterocycles. The Morgan fingerprint density at radius 3 is 2.21 bits per heavy atom. The van der Waals surface area contributed by atoms with Gasteiger partial charge in [0.25, 0.3) is 5.91 Å². The van der Waals surface area contributed by atoms with Gasteiger partial charge in [0.2, 0.25) is 0 Å². The Balaban J connectivity index is 1.62. The van der Waals surface area contributed by atoms with Crippen LogP contribution in [0.4, 0.5) is 5.69 Å². The third kappa shape index (κ3) is 4.67. The van der Waals surface area contributed by atoms with Crippen LogP contribution >= 0.6 is 0 Å². The van der Waals surface area contributed by atoms with Gasteiger partial charge in [-0.05, 0) is 67.3 Å². The first-order valence-corrected chi connectivity index (χ1v) is 11.0. The molecule has 33 heavy (non-hydrogen) atoms. The number of nitrogens with zero attached hydrogens (tertiary/aromatic N) is 3. The van der Waals surface area contributed by atoms with Crippen molar-refractivity contribution in [2.75, 3.05) is 19.5 Å². The first-order chi connectivity index (χ1) is 16.0. The zero-order valence-corrected chi connectivity index (χ0v) is 19.4. The standard InChI is InChI=1S/C26H28N4O3/c1-5-6-8-18-11-13-19(14-12-18)30-28-21-15-17(2)20(16-22(21)29-30)27-26(31)25-23(32-3)9-7-10-24(25)33-4/h7,9-16H,5-6,8H2,1-4H3,(H,27,31). The quantitative estimate of drug-likeness (QED) is 0.397. The monoisotopic (exact) mass is 444 g/mol. The van der Waals surface area contributed by atoms with Crippen molar-refractivity contribution in [2.45, 2.75) is 33.1 Å². The van der Waals surface area contributed by atoms with E-state index in [2.05, 4.69) is 34.6 Å². The van der Waals surface area contributed by atoms with E-state index < -0.39 is 0 Å². The van der Waals surface area contributed by atoms with Crippen molar-refractivity contribution in [3.63, 3.8) is 0 Å². The highest BCUT2D eigenvalue weighted by atomic mass is 16.5. The molecule has 1 aromatic heterocycles. The van der Waals surface area contributed by atoms with Crippen LogP contribution in [0.5, 0.6) is 11.5 Å². The summed E-state index contributed by atoms with van der Waals surface area (Å²) in [4.78, 5) is 14.7. The molecule has 0 spiro atoms. The second-order valence-electron chi connectivity index (χ2n) is 7.91. The number of unbranched alkanes of at least 4 members (excludes halogenated alkanes) is 1. The van der Waals surface area contributed by atoms with Crippen LogP contribution in [0.3, 0.4) is 0 Å². The fourth-order valence-corrected chi connectivity index (χ4v) is 3.75. The summed E-state index contributed by atoms with van der Waals surface area (Å²) in [5, 5.41) is 12.2. The predicted molar refractivity (Wildman–Crippen MR) is 130 cm³/mol. The minimum atomic E-state index is -0.318. The summed E-state index contributed by atoms with van der Waals surface area (Å²) in [6, 6.07) is 17.3. The van der Waals surface area contributed by atoms with Crippen LogP contribution in [0.2, 0.25) is 0 Å². The minimum absolute atomic E-state index is 0.318. The molecule has 7 heteroatoms. The summed E-state index contributed by atoms with van der Waals surface area (Å²) in [6.45, 7) is 4.12. The van der Waals surface area contributed by atoms with Crippen molar-refractivity contribution in [3.05, 3.63) is 71.3 Å². The molecule has 1 amide bonds. The highest BCUT2D eigenvalue weighted by Crippen LogP contribution is 2.30. The van der Waals surface area contributed by atoms with Gasteiger partial charge < -0.3 is 14.8 Å². The van der Waals surface area contributed by atoms with Gasteiger partial charge in [0.15, 0.2) is 0 Å². The van der Waals surface area contributed by atoms with Gasteiger partial charge in [0.1, 0.15) is 28.1 Å². The first-order valence-electron chi connectivity index (χ1n) is 11.0. The highest BCUT2D eigenvalue weighted by molar-refractivity contribution is 6.09. The lowest BCUT2D eigenvalue weighted by molar-refractivity contribution is 0.102. The lowest BCUT2D eigenvalue weighted by Gasteiger charge is -2.14. The van der Waals surface area contributed by atoms with E-state index in [1.807, 2.05) is 31.2 Å². The van der Waals surface area contributed by atoms with Gasteiger partial charge in [-0.1, -0.05) is 31.5 Å². The first kappa shape index (κ1) is 22.3. The molecule has 4 aromatic rings. The van der Waals surface area contributed by atoms with Crippen LogP contribution in [0, 0.1) is 6.92 Å². The molecule has 0 aliphatic carbocycles. The van der Waals surface area contributed by atoms with E-state index >= 15 is 0 Å². The zero-order valence-electron chi connectivity index (χ0n) is 19.4. The molecule has 0 aliphatic heterocycles. The Morgan fingerprint density at radius 2 is 1.61 bits per heavy atom. The average Bonchev–Trinajstić information content (AvgIpc) is 3.25. The Labute approximate surface area is 193 Å². The van der Waals surface area contributed by atoms with E-state index in [1.54, 1.807) is 23.0 Å². The largest absolute Gasteiger partial charge is 0.496 e. The van der Waals surface area contributed by atoms with Gasteiger partial charge in [-0.2, -0.15) is 4.80 Å². The van der Waals surface area contributed by atoms with Crippen LogP contribution in [-0.2, 0) is 6.42 Å². The van der Waals surface area contributed by atoms with Crippen LogP contribution in [0.25, 0.3) is 16.7 Å². The second-order valence-corrected chi connectivity index (χ2v) is 7.91. The van der Waals surface area contributed by atoms with Crippen molar-refractivity contribution in [3.8, 4) is 17.2 Å². The summed E-state index contributed by atoms with van der Waals surface area (Å²) in [6.07, 6.45) is 3.43. The summed E-state index contributed by atoms with van der Waals surface area (Å²) in [7, 11) is 3.05. The third-order valence-electron chi connectivity index (χ3n) is 5.62. The van der Waals surface area contributed by atoms with E-state index in [0.717, 1.165) is 23.2 Å². The summed E-state index contributed by atoms with van der Waals surface area (Å²) >= 11 is 0. The van der Waals surface area contributed by atoms with Crippen LogP contribution in [-0.4, -0.2) is 35.1 Å². The summed E-state index contributed by atoms with van der Waals surface area (Å²) in [5.41, 5.74) is 5.54. The number of aromatic nitrogens is 3. The molecule has 4 rings (SSSR count). The molecule has 0 atom stereocenters. The number of carbonyl (C=O) groups is 1. The number of benzene rings is 3. The fraction of sp³-hybridized carbons (Fsp3) is 0.269. The van der Waals surface area contributed by atoms with Gasteiger partial charge in [-0.3, -0.25) is 4.79 Å². The Morgan fingerprint density at radius 1 is 0.970 bits per heavy atom. The van der Waals surface area contributed by atoms with Crippen LogP contribution in [0.15, 0.2) is 54.6 Å². The molecule has 0 unspecified atom stereocenters. The maximum Gasteiger partial charge on any atom is 0.263 e. The van der Waals surface area contributed by atoms with E-state index in [9.17, 15) is 4.79 Å². The predicted octanol–water partition coefficient (Wildman–Crippen LogP) is 5.34. The fourth-order valence-electron chi connectivity index (χ4n) is 3.75. The van der Waals surface area contributed by atoms with E-state index in [1.165, 1.54) is 32.6 Å². The molecule has 7 nitrogen and oxygen atoms in total. The molecule has 0 saturated heterocycles. The number of hydrogen-bond acceptors (Lipinski definition) is 5. The van der Waals surface area contributed by atoms with E-state index in [0.29, 0.717) is 28.3 Å². The van der Waals surface area contributed by atoms with Crippen molar-refractivity contribution in [2.24, 2.45) is 0 Å². The van der Waals surface area contributed by atoms with Crippen molar-refractivity contribution in [1.82, 2.24) is 15.0 Å². The molecule has 1 N–H and O–H groups in total. The van der Waals surface area contributed by atoms with Crippen LogP contribution in [0.1, 0.15) is 41.3 Å². The lowest BCUT2D eigenvalue weighted by atomic mass is 10.1. The van der Waals surface area contributed by atoms with Gasteiger partial charge in [-0.25, -0.2) is 0 Å². The van der Waals surface area contributed by atoms with Crippen molar-refractivity contribution in [1.29, 1.82) is 0 Å². The molecule has 0 saturated carbocycles. The SMILES string of the molecule is CCCCc1ccc(-n2nc3cc(C)c(NC(=O)c4c(OC)cccc4OC)cc3n2)cc1. The number of ether oxygens (including phenoxy) is 2. The normalized spacial score (nSPS) is 10.9. The topological polar surface area (TPSA) is 78.3 Å². The number of nitrogens with one attached hydrogen (secondary N) is 1. The Kier molecular flexibility index (Phi) is 6.58. The number of rotatable bonds is 8. The second kappa shape index (κ2) is 9.73. The maximum atomic E-state index is 13.1. The summed E-state index contributed by atoms with van der Waals surface area (Å²) in [5.74, 6) is 0.569. The Hall–Kier alpha value is -3.87. The molecular weight excluding hydrogens is 416 g/mol. The van der Waals surface area contributed by atoms with Crippen molar-refractivity contribution < 1.29 is 14.3 Å². The highest BCUT2D eigenvalue weighted by Gasteiger charge is 2.19. The van der Waals surface area contributed by atoms with Crippen LogP contribution < -0.4 is 14.8 Å². The molecule has 0 aliphatic rings. The number of amides is 1. The van der Waals surface area contributed by atoms with E-state index in [4.69, 9.17) is 9.47 Å². The van der Waals surface area contributed by atoms with E-state index in [-0.39, 0.29) is 5.91 Å². The van der Waals surface area contributed by atoms with Crippen molar-refractivity contribution >= 4 is 22.6 Å². The number of carbonyl (C=O) groups excluding carboxylic acids is 1. The maximum absolute atomic E-state index is 13.1. The van der Waals surface area contributed by atoms with Gasteiger partial charge in [0, 0.05) is 5.69 Å². The lowest BCUT2D eigenvalue weighted by Crippen LogP contribution is -2.15. The third-order valence-corrected chi connectivity index (χ3v) is 5.62. The smallest absolute Gasteiger partial charge is 0.263 e. The zero-order chi connectivity index (χ0) is 23.4. The van der Waals surface area contributed by atoms with Gasteiger partial charge >= 0.3 is 0 Å². The van der Waals surface area contributed by atoms with Gasteiger partial charge in [-0.15, -0.1) is 10.2 Å². The average molecular weight is 445 g/mol. The summed E-state index contributed by atoms with van der Waals surface area (Å²) < 4.78 is 10.7. The molecule has 170 valence electrons. The number of aryl methyl sites for hydroxylation is 2. The Bertz CT molecular complexity index is 1260. The number of hydrogen-bond donors (Lipinski definition) is 1.